The minimum atomic E-state index is -0.405. The number of ether oxygens (including phenoxy) is 1. The number of thiazole rings is 1. The Balaban J connectivity index is 1.17. The topological polar surface area (TPSA) is 117 Å². The number of hydrogen-bond acceptors (Lipinski definition) is 9. The van der Waals surface area contributed by atoms with E-state index in [1.165, 1.54) is 29.8 Å². The maximum absolute atomic E-state index is 13.4. The van der Waals surface area contributed by atoms with Crippen molar-refractivity contribution < 1.29 is 19.0 Å². The number of amides is 1. The van der Waals surface area contributed by atoms with Gasteiger partial charge in [0, 0.05) is 35.5 Å². The first kappa shape index (κ1) is 27.0. The molecular formula is C27H32FN7O3S. The van der Waals surface area contributed by atoms with E-state index in [2.05, 4.69) is 30.6 Å². The number of aromatic nitrogens is 4. The standard InChI is InChI=1S/C27H32FN7O3S/c1-18-23(38-11-3-8-34-9-6-19(16-36)7-10-34)15-35-25(18)26(30-17-31-35)33-27-29-14-22(39-27)13-24(37)32-21-5-2-4-20(28)12-21/h2,4-5,12,14-15,17,19,36H,3,6-11,13,16H2,1H3,(H,32,37)(H,29,30,31,33). The number of likely N-dealkylation sites (tertiary alicyclic amines) is 1. The number of fused-ring (bicyclic) bond motifs is 1. The molecule has 3 N–H and O–H groups in total. The van der Waals surface area contributed by atoms with Crippen LogP contribution in [0.5, 0.6) is 5.75 Å². The second kappa shape index (κ2) is 12.5. The Morgan fingerprint density at radius 2 is 2.13 bits per heavy atom. The van der Waals surface area contributed by atoms with Gasteiger partial charge in [-0.1, -0.05) is 6.07 Å². The van der Waals surface area contributed by atoms with Gasteiger partial charge in [-0.2, -0.15) is 5.10 Å². The lowest BCUT2D eigenvalue weighted by atomic mass is 9.98. The van der Waals surface area contributed by atoms with Crippen molar-refractivity contribution in [3.8, 4) is 5.75 Å². The number of rotatable bonds is 11. The lowest BCUT2D eigenvalue weighted by molar-refractivity contribution is -0.115. The van der Waals surface area contributed by atoms with Gasteiger partial charge in [-0.05, 0) is 63.4 Å². The van der Waals surface area contributed by atoms with E-state index >= 15 is 0 Å². The van der Waals surface area contributed by atoms with Gasteiger partial charge in [0.05, 0.1) is 19.2 Å². The van der Waals surface area contributed by atoms with Crippen molar-refractivity contribution in [1.82, 2.24) is 24.5 Å². The van der Waals surface area contributed by atoms with Crippen LogP contribution >= 0.6 is 11.3 Å². The van der Waals surface area contributed by atoms with Crippen LogP contribution in [0.15, 0.2) is 43.0 Å². The first-order chi connectivity index (χ1) is 19.0. The summed E-state index contributed by atoms with van der Waals surface area (Å²) in [5, 5.41) is 20.2. The molecule has 4 heterocycles. The molecule has 3 aromatic heterocycles. The van der Waals surface area contributed by atoms with Crippen LogP contribution < -0.4 is 15.4 Å². The van der Waals surface area contributed by atoms with Gasteiger partial charge in [0.2, 0.25) is 5.91 Å². The predicted molar refractivity (Wildman–Crippen MR) is 148 cm³/mol. The SMILES string of the molecule is Cc1c(OCCCN2CCC(CO)CC2)cn2ncnc(Nc3ncc(CC(=O)Nc4cccc(F)c4)s3)c12. The molecule has 1 saturated heterocycles. The minimum absolute atomic E-state index is 0.122. The van der Waals surface area contributed by atoms with Gasteiger partial charge < -0.3 is 25.4 Å². The fraction of sp³-hybridized carbons (Fsp3) is 0.407. The van der Waals surface area contributed by atoms with E-state index in [1.54, 1.807) is 22.8 Å². The molecule has 0 bridgehead atoms. The Labute approximate surface area is 229 Å². The number of aryl methyl sites for hydroxylation is 1. The molecular weight excluding hydrogens is 521 g/mol. The summed E-state index contributed by atoms with van der Waals surface area (Å²) in [5.41, 5.74) is 2.13. The van der Waals surface area contributed by atoms with Crippen LogP contribution in [-0.2, 0) is 11.2 Å². The predicted octanol–water partition coefficient (Wildman–Crippen LogP) is 4.03. The molecule has 0 radical (unpaired) electrons. The van der Waals surface area contributed by atoms with Gasteiger partial charge in [0.1, 0.15) is 23.4 Å². The van der Waals surface area contributed by atoms with Crippen LogP contribution in [0, 0.1) is 18.7 Å². The Kier molecular flexibility index (Phi) is 8.64. The van der Waals surface area contributed by atoms with Crippen molar-refractivity contribution in [2.45, 2.75) is 32.6 Å². The van der Waals surface area contributed by atoms with Gasteiger partial charge in [0.25, 0.3) is 0 Å². The normalized spacial score (nSPS) is 14.5. The lowest BCUT2D eigenvalue weighted by Crippen LogP contribution is -2.35. The second-order valence-corrected chi connectivity index (χ2v) is 10.8. The Morgan fingerprint density at radius 1 is 1.28 bits per heavy atom. The Bertz CT molecular complexity index is 1420. The molecule has 1 amide bonds. The molecule has 10 nitrogen and oxygen atoms in total. The number of aliphatic hydroxyl groups excluding tert-OH is 1. The van der Waals surface area contributed by atoms with E-state index in [1.807, 2.05) is 13.1 Å². The number of benzene rings is 1. The molecule has 39 heavy (non-hydrogen) atoms. The zero-order valence-corrected chi connectivity index (χ0v) is 22.6. The summed E-state index contributed by atoms with van der Waals surface area (Å²) in [6.45, 7) is 5.90. The molecule has 1 aromatic carbocycles. The molecule has 5 rings (SSSR count). The third-order valence-corrected chi connectivity index (χ3v) is 7.76. The van der Waals surface area contributed by atoms with Crippen molar-refractivity contribution >= 4 is 39.4 Å². The Morgan fingerprint density at radius 3 is 2.92 bits per heavy atom. The summed E-state index contributed by atoms with van der Waals surface area (Å²) < 4.78 is 21.2. The van der Waals surface area contributed by atoms with E-state index in [0.717, 1.165) is 60.6 Å². The quantitative estimate of drug-likeness (QED) is 0.239. The third-order valence-electron chi connectivity index (χ3n) is 6.84. The molecule has 4 aromatic rings. The van der Waals surface area contributed by atoms with Crippen molar-refractivity contribution in [2.75, 3.05) is 43.5 Å². The summed E-state index contributed by atoms with van der Waals surface area (Å²) in [7, 11) is 0. The summed E-state index contributed by atoms with van der Waals surface area (Å²) in [5.74, 6) is 1.14. The van der Waals surface area contributed by atoms with Gasteiger partial charge in [0.15, 0.2) is 10.9 Å². The molecule has 1 fully saturated rings. The Hall–Kier alpha value is -3.61. The average Bonchev–Trinajstić information content (AvgIpc) is 3.50. The summed E-state index contributed by atoms with van der Waals surface area (Å²) in [6.07, 6.45) is 8.11. The molecule has 0 unspecified atom stereocenters. The van der Waals surface area contributed by atoms with Crippen molar-refractivity contribution in [2.24, 2.45) is 5.92 Å². The maximum atomic E-state index is 13.4. The highest BCUT2D eigenvalue weighted by Gasteiger charge is 2.19. The van der Waals surface area contributed by atoms with E-state index in [4.69, 9.17) is 4.74 Å². The van der Waals surface area contributed by atoms with Crippen molar-refractivity contribution in [1.29, 1.82) is 0 Å². The highest BCUT2D eigenvalue weighted by Crippen LogP contribution is 2.31. The number of carbonyl (C=O) groups excluding carboxylic acids is 1. The van der Waals surface area contributed by atoms with Gasteiger partial charge in [-0.25, -0.2) is 18.9 Å². The number of carbonyl (C=O) groups is 1. The van der Waals surface area contributed by atoms with E-state index in [-0.39, 0.29) is 18.9 Å². The number of hydrogen-bond donors (Lipinski definition) is 3. The van der Waals surface area contributed by atoms with E-state index < -0.39 is 5.82 Å². The molecule has 0 atom stereocenters. The third kappa shape index (κ3) is 6.88. The highest BCUT2D eigenvalue weighted by atomic mass is 32.1. The van der Waals surface area contributed by atoms with Gasteiger partial charge in [-0.15, -0.1) is 11.3 Å². The molecule has 1 aliphatic rings. The highest BCUT2D eigenvalue weighted by molar-refractivity contribution is 7.15. The van der Waals surface area contributed by atoms with Crippen LogP contribution in [0.2, 0.25) is 0 Å². The fourth-order valence-electron chi connectivity index (χ4n) is 4.72. The van der Waals surface area contributed by atoms with Crippen LogP contribution in [0.1, 0.15) is 29.7 Å². The maximum Gasteiger partial charge on any atom is 0.229 e. The van der Waals surface area contributed by atoms with Crippen molar-refractivity contribution in [3.05, 3.63) is 59.2 Å². The summed E-state index contributed by atoms with van der Waals surface area (Å²) in [4.78, 5) is 24.4. The van der Waals surface area contributed by atoms with E-state index in [0.29, 0.717) is 29.2 Å². The number of nitrogens with one attached hydrogen (secondary N) is 2. The summed E-state index contributed by atoms with van der Waals surface area (Å²) in [6, 6.07) is 5.79. The van der Waals surface area contributed by atoms with Crippen LogP contribution in [0.4, 0.5) is 21.0 Å². The fourth-order valence-corrected chi connectivity index (χ4v) is 5.53. The molecule has 1 aliphatic heterocycles. The number of aliphatic hydroxyl groups is 1. The van der Waals surface area contributed by atoms with Gasteiger partial charge in [-0.3, -0.25) is 4.79 Å². The van der Waals surface area contributed by atoms with Crippen LogP contribution in [0.25, 0.3) is 5.52 Å². The number of nitrogens with zero attached hydrogens (tertiary/aromatic N) is 5. The largest absolute Gasteiger partial charge is 0.492 e. The number of anilines is 3. The van der Waals surface area contributed by atoms with Crippen molar-refractivity contribution in [3.63, 3.8) is 0 Å². The lowest BCUT2D eigenvalue weighted by Gasteiger charge is -2.30. The zero-order valence-electron chi connectivity index (χ0n) is 21.8. The minimum Gasteiger partial charge on any atom is -0.492 e. The smallest absolute Gasteiger partial charge is 0.229 e. The van der Waals surface area contributed by atoms with E-state index in [9.17, 15) is 14.3 Å². The number of halogens is 1. The van der Waals surface area contributed by atoms with Crippen LogP contribution in [0.3, 0.4) is 0 Å². The zero-order chi connectivity index (χ0) is 27.2. The van der Waals surface area contributed by atoms with Crippen LogP contribution in [-0.4, -0.2) is 68.3 Å². The molecule has 206 valence electrons. The number of piperidine rings is 1. The first-order valence-corrected chi connectivity index (χ1v) is 13.9. The first-order valence-electron chi connectivity index (χ1n) is 13.0. The molecule has 0 spiro atoms. The molecule has 0 aliphatic carbocycles. The summed E-state index contributed by atoms with van der Waals surface area (Å²) >= 11 is 1.35. The molecule has 12 heteroatoms. The van der Waals surface area contributed by atoms with Gasteiger partial charge >= 0.3 is 0 Å². The second-order valence-electron chi connectivity index (χ2n) is 9.68. The monoisotopic (exact) mass is 553 g/mol. The average molecular weight is 554 g/mol. The molecule has 0 saturated carbocycles.